The first-order valence-corrected chi connectivity index (χ1v) is 9.37. The van der Waals surface area contributed by atoms with Gasteiger partial charge in [0.2, 0.25) is 0 Å². The summed E-state index contributed by atoms with van der Waals surface area (Å²) in [4.78, 5) is 0. The standard InChI is InChI=1S/C8H20O2S2Si/c1-4-9-13(3,10-5-2)12-8-6-7-11/h11H,4-8H2,1-3H3. The summed E-state index contributed by atoms with van der Waals surface area (Å²) in [5, 5.41) is 0. The van der Waals surface area contributed by atoms with Gasteiger partial charge in [0.05, 0.1) is 0 Å². The lowest BCUT2D eigenvalue weighted by molar-refractivity contribution is 0.211. The Kier molecular flexibility index (Phi) is 8.70. The predicted octanol–water partition coefficient (Wildman–Crippen LogP) is 2.68. The Balaban J connectivity index is 3.76. The van der Waals surface area contributed by atoms with Gasteiger partial charge in [-0.25, -0.2) is 0 Å². The molecule has 0 aliphatic rings. The van der Waals surface area contributed by atoms with Gasteiger partial charge in [-0.1, -0.05) is 0 Å². The molecular weight excluding hydrogens is 220 g/mol. The molecule has 2 nitrogen and oxygen atoms in total. The maximum absolute atomic E-state index is 5.67. The first-order chi connectivity index (χ1) is 6.18. The Bertz CT molecular complexity index is 119. The SMILES string of the molecule is CCO[Si](C)(OCC)SCCCS. The van der Waals surface area contributed by atoms with Gasteiger partial charge in [0.1, 0.15) is 0 Å². The molecule has 80 valence electrons. The molecule has 0 spiro atoms. The van der Waals surface area contributed by atoms with E-state index in [2.05, 4.69) is 19.2 Å². The fraction of sp³-hybridized carbons (Fsp3) is 1.00. The Morgan fingerprint density at radius 3 is 2.15 bits per heavy atom. The van der Waals surface area contributed by atoms with Crippen LogP contribution in [0.5, 0.6) is 0 Å². The van der Waals surface area contributed by atoms with Crippen LogP contribution in [0.25, 0.3) is 0 Å². The number of thiol groups is 1. The highest BCUT2D eigenvalue weighted by Crippen LogP contribution is 2.23. The summed E-state index contributed by atoms with van der Waals surface area (Å²) in [6, 6.07) is 0. The molecule has 0 atom stereocenters. The zero-order chi connectivity index (χ0) is 10.2. The minimum Gasteiger partial charge on any atom is -0.387 e. The summed E-state index contributed by atoms with van der Waals surface area (Å²) in [6.07, 6.45) is 1.12. The van der Waals surface area contributed by atoms with Gasteiger partial charge in [0, 0.05) is 13.2 Å². The molecule has 0 saturated carbocycles. The Hall–Kier alpha value is 0.837. The van der Waals surface area contributed by atoms with E-state index in [0.29, 0.717) is 0 Å². The van der Waals surface area contributed by atoms with Crippen molar-refractivity contribution < 1.29 is 8.85 Å². The normalized spacial score (nSPS) is 12.0. The van der Waals surface area contributed by atoms with Crippen LogP contribution in [-0.4, -0.2) is 32.4 Å². The molecule has 0 fully saturated rings. The van der Waals surface area contributed by atoms with E-state index in [4.69, 9.17) is 8.85 Å². The van der Waals surface area contributed by atoms with E-state index in [1.54, 1.807) is 0 Å². The first-order valence-electron chi connectivity index (χ1n) is 4.71. The average Bonchev–Trinajstić information content (AvgIpc) is 2.05. The summed E-state index contributed by atoms with van der Waals surface area (Å²) in [7, 11) is -1.90. The van der Waals surface area contributed by atoms with Crippen molar-refractivity contribution >= 4 is 31.6 Å². The Labute approximate surface area is 92.1 Å². The van der Waals surface area contributed by atoms with E-state index in [9.17, 15) is 0 Å². The molecule has 0 rings (SSSR count). The zero-order valence-electron chi connectivity index (χ0n) is 8.71. The Morgan fingerprint density at radius 1 is 1.23 bits per heavy atom. The van der Waals surface area contributed by atoms with E-state index >= 15 is 0 Å². The highest BCUT2D eigenvalue weighted by atomic mass is 32.4. The van der Waals surface area contributed by atoms with E-state index in [-0.39, 0.29) is 0 Å². The molecule has 0 aliphatic carbocycles. The fourth-order valence-corrected chi connectivity index (χ4v) is 6.05. The minimum absolute atomic E-state index is 0.747. The predicted molar refractivity (Wildman–Crippen MR) is 65.8 cm³/mol. The summed E-state index contributed by atoms with van der Waals surface area (Å²) in [5.74, 6) is 2.03. The molecule has 0 aromatic heterocycles. The molecule has 0 radical (unpaired) electrons. The van der Waals surface area contributed by atoms with Crippen molar-refractivity contribution in [3.05, 3.63) is 0 Å². The molecule has 0 bridgehead atoms. The fourth-order valence-electron chi connectivity index (χ4n) is 0.971. The van der Waals surface area contributed by atoms with Crippen LogP contribution in [-0.2, 0) is 8.85 Å². The minimum atomic E-state index is -1.90. The highest BCUT2D eigenvalue weighted by molar-refractivity contribution is 8.27. The lowest BCUT2D eigenvalue weighted by Crippen LogP contribution is -2.35. The van der Waals surface area contributed by atoms with E-state index in [1.807, 2.05) is 25.1 Å². The number of hydrogen-bond donors (Lipinski definition) is 1. The quantitative estimate of drug-likeness (QED) is 0.400. The van der Waals surface area contributed by atoms with Crippen molar-refractivity contribution in [1.82, 2.24) is 0 Å². The van der Waals surface area contributed by atoms with Gasteiger partial charge in [-0.15, -0.1) is 11.2 Å². The van der Waals surface area contributed by atoms with Crippen molar-refractivity contribution in [2.75, 3.05) is 24.7 Å². The lowest BCUT2D eigenvalue weighted by atomic mass is 10.6. The molecule has 0 amide bonds. The van der Waals surface area contributed by atoms with E-state index < -0.39 is 7.71 Å². The van der Waals surface area contributed by atoms with Crippen LogP contribution in [0, 0.1) is 0 Å². The van der Waals surface area contributed by atoms with E-state index in [0.717, 1.165) is 31.1 Å². The van der Waals surface area contributed by atoms with Gasteiger partial charge in [0.15, 0.2) is 0 Å². The van der Waals surface area contributed by atoms with Gasteiger partial charge in [0.25, 0.3) is 0 Å². The maximum Gasteiger partial charge on any atom is 0.402 e. The third kappa shape index (κ3) is 6.85. The molecular formula is C8H20O2S2Si. The van der Waals surface area contributed by atoms with Crippen LogP contribution < -0.4 is 0 Å². The van der Waals surface area contributed by atoms with E-state index in [1.165, 1.54) is 0 Å². The third-order valence-corrected chi connectivity index (χ3v) is 7.33. The topological polar surface area (TPSA) is 18.5 Å². The van der Waals surface area contributed by atoms with Crippen molar-refractivity contribution in [3.8, 4) is 0 Å². The molecule has 0 aliphatic heterocycles. The molecule has 13 heavy (non-hydrogen) atoms. The van der Waals surface area contributed by atoms with Crippen molar-refractivity contribution in [2.45, 2.75) is 26.8 Å². The van der Waals surface area contributed by atoms with Crippen molar-refractivity contribution in [3.63, 3.8) is 0 Å². The van der Waals surface area contributed by atoms with Crippen LogP contribution in [0.1, 0.15) is 20.3 Å². The second-order valence-corrected chi connectivity index (χ2v) is 9.19. The largest absolute Gasteiger partial charge is 0.402 e. The summed E-state index contributed by atoms with van der Waals surface area (Å²) >= 11 is 6.02. The molecule has 0 unspecified atom stereocenters. The van der Waals surface area contributed by atoms with Gasteiger partial charge in [-0.05, 0) is 38.3 Å². The second kappa shape index (κ2) is 8.17. The summed E-state index contributed by atoms with van der Waals surface area (Å²) < 4.78 is 11.3. The molecule has 0 saturated heterocycles. The maximum atomic E-state index is 5.67. The van der Waals surface area contributed by atoms with Crippen molar-refractivity contribution in [1.29, 1.82) is 0 Å². The van der Waals surface area contributed by atoms with Crippen LogP contribution >= 0.6 is 23.8 Å². The van der Waals surface area contributed by atoms with Crippen molar-refractivity contribution in [2.24, 2.45) is 0 Å². The van der Waals surface area contributed by atoms with Crippen LogP contribution in [0.4, 0.5) is 0 Å². The van der Waals surface area contributed by atoms with Crippen LogP contribution in [0.15, 0.2) is 0 Å². The first kappa shape index (κ1) is 13.8. The molecule has 0 aromatic rings. The van der Waals surface area contributed by atoms with Gasteiger partial charge in [-0.2, -0.15) is 12.6 Å². The zero-order valence-corrected chi connectivity index (χ0v) is 11.4. The molecule has 0 heterocycles. The monoisotopic (exact) mass is 240 g/mol. The van der Waals surface area contributed by atoms with Gasteiger partial charge < -0.3 is 8.85 Å². The molecule has 0 aromatic carbocycles. The molecule has 5 heteroatoms. The van der Waals surface area contributed by atoms with Crippen LogP contribution in [0.2, 0.25) is 6.55 Å². The second-order valence-electron chi connectivity index (χ2n) is 2.65. The highest BCUT2D eigenvalue weighted by Gasteiger charge is 2.31. The third-order valence-electron chi connectivity index (χ3n) is 1.48. The average molecular weight is 240 g/mol. The van der Waals surface area contributed by atoms with Crippen LogP contribution in [0.3, 0.4) is 0 Å². The number of rotatable bonds is 8. The number of hydrogen-bond acceptors (Lipinski definition) is 4. The summed E-state index contributed by atoms with van der Waals surface area (Å²) in [5.41, 5.74) is 0. The lowest BCUT2D eigenvalue weighted by Gasteiger charge is -2.24. The summed E-state index contributed by atoms with van der Waals surface area (Å²) in [6.45, 7) is 7.64. The molecule has 0 N–H and O–H groups in total. The van der Waals surface area contributed by atoms with Gasteiger partial charge in [-0.3, -0.25) is 0 Å². The smallest absolute Gasteiger partial charge is 0.387 e. The van der Waals surface area contributed by atoms with Gasteiger partial charge >= 0.3 is 7.71 Å². The Morgan fingerprint density at radius 2 is 1.77 bits per heavy atom.